The summed E-state index contributed by atoms with van der Waals surface area (Å²) in [5, 5.41) is 22.8. The smallest absolute Gasteiger partial charge is 0.396 e. The van der Waals surface area contributed by atoms with Gasteiger partial charge in [0.15, 0.2) is 0 Å². The number of benzene rings is 2. The van der Waals surface area contributed by atoms with Gasteiger partial charge in [-0.25, -0.2) is 18.4 Å². The van der Waals surface area contributed by atoms with Crippen molar-refractivity contribution in [2.45, 2.75) is 48.9 Å². The van der Waals surface area contributed by atoms with Crippen molar-refractivity contribution in [3.8, 4) is 6.07 Å². The molecule has 2 N–H and O–H groups in total. The highest BCUT2D eigenvalue weighted by molar-refractivity contribution is 6.31. The first kappa shape index (κ1) is 28.2. The maximum atomic E-state index is 15.4. The van der Waals surface area contributed by atoms with Crippen molar-refractivity contribution in [3.05, 3.63) is 69.2 Å². The predicted molar refractivity (Wildman–Crippen MR) is 124 cm³/mol. The van der Waals surface area contributed by atoms with Crippen LogP contribution in [-0.4, -0.2) is 41.9 Å². The Morgan fingerprint density at radius 3 is 2.42 bits per heavy atom. The number of aliphatic hydroxyl groups excluding tert-OH is 1. The zero-order chi connectivity index (χ0) is 28.0. The van der Waals surface area contributed by atoms with E-state index < -0.39 is 69.2 Å². The van der Waals surface area contributed by atoms with E-state index in [2.05, 4.69) is 10.1 Å². The first-order chi connectivity index (χ1) is 17.8. The number of ether oxygens (including phenoxy) is 1. The Morgan fingerprint density at radius 2 is 1.87 bits per heavy atom. The van der Waals surface area contributed by atoms with Gasteiger partial charge in [-0.2, -0.15) is 18.4 Å². The Hall–Kier alpha value is -2.78. The Bertz CT molecular complexity index is 1330. The van der Waals surface area contributed by atoms with Crippen LogP contribution in [0.3, 0.4) is 0 Å². The number of halogens is 7. The maximum absolute atomic E-state index is 15.4. The molecule has 1 aliphatic carbocycles. The quantitative estimate of drug-likeness (QED) is 0.287. The van der Waals surface area contributed by atoms with Crippen molar-refractivity contribution in [1.82, 2.24) is 5.32 Å². The molecular formula is C25H19Cl2F5N2O4. The Balaban J connectivity index is 1.96. The first-order valence-electron chi connectivity index (χ1n) is 11.3. The Kier molecular flexibility index (Phi) is 7.49. The van der Waals surface area contributed by atoms with E-state index in [1.54, 1.807) is 0 Å². The lowest BCUT2D eigenvalue weighted by molar-refractivity contribution is -0.202. The van der Waals surface area contributed by atoms with Gasteiger partial charge in [0.05, 0.1) is 11.1 Å². The number of alkyl halides is 3. The largest absolute Gasteiger partial charge is 0.491 e. The summed E-state index contributed by atoms with van der Waals surface area (Å²) in [6.07, 6.45) is -4.52. The Labute approximate surface area is 223 Å². The minimum Gasteiger partial charge on any atom is -0.396 e. The van der Waals surface area contributed by atoms with Crippen molar-refractivity contribution < 1.29 is 41.4 Å². The molecule has 0 aromatic heterocycles. The number of nitrogens with one attached hydrogen (secondary N) is 1. The molecule has 2 aromatic carbocycles. The second-order valence-corrected chi connectivity index (χ2v) is 10.3. The molecule has 4 rings (SSSR count). The van der Waals surface area contributed by atoms with Gasteiger partial charge in [-0.3, -0.25) is 5.32 Å². The molecular weight excluding hydrogens is 558 g/mol. The van der Waals surface area contributed by atoms with E-state index in [9.17, 15) is 33.1 Å². The van der Waals surface area contributed by atoms with Crippen molar-refractivity contribution in [2.24, 2.45) is 5.41 Å². The average Bonchev–Trinajstić information content (AvgIpc) is 3.55. The van der Waals surface area contributed by atoms with E-state index in [0.29, 0.717) is 12.8 Å². The molecule has 13 heteroatoms. The third-order valence-corrected chi connectivity index (χ3v) is 7.77. The summed E-state index contributed by atoms with van der Waals surface area (Å²) in [6.45, 7) is -0.326. The molecule has 6 nitrogen and oxygen atoms in total. The van der Waals surface area contributed by atoms with Gasteiger partial charge in [-0.15, -0.1) is 0 Å². The molecule has 38 heavy (non-hydrogen) atoms. The van der Waals surface area contributed by atoms with Gasteiger partial charge in [-0.1, -0.05) is 41.4 Å². The number of aliphatic hydroxyl groups is 1. The number of nitrogens with zero attached hydrogens (tertiary/aromatic N) is 1. The van der Waals surface area contributed by atoms with E-state index in [1.165, 1.54) is 18.2 Å². The van der Waals surface area contributed by atoms with E-state index in [-0.39, 0.29) is 23.6 Å². The molecule has 1 saturated carbocycles. The van der Waals surface area contributed by atoms with Crippen LogP contribution in [0.15, 0.2) is 36.4 Å². The molecule has 202 valence electrons. The highest BCUT2D eigenvalue weighted by Gasteiger charge is 2.64. The molecule has 0 spiro atoms. The minimum absolute atomic E-state index is 0.0329. The van der Waals surface area contributed by atoms with Crippen molar-refractivity contribution in [1.29, 1.82) is 5.26 Å². The van der Waals surface area contributed by atoms with Crippen LogP contribution in [0.1, 0.15) is 36.3 Å². The number of carbonyl (C=O) groups is 2. The highest BCUT2D eigenvalue weighted by atomic mass is 35.5. The van der Waals surface area contributed by atoms with Crippen LogP contribution >= 0.6 is 23.2 Å². The van der Waals surface area contributed by atoms with Gasteiger partial charge >= 0.3 is 18.1 Å². The zero-order valence-corrected chi connectivity index (χ0v) is 20.8. The average molecular weight is 577 g/mol. The van der Waals surface area contributed by atoms with Crippen molar-refractivity contribution >= 4 is 35.1 Å². The second kappa shape index (κ2) is 10.1. The van der Waals surface area contributed by atoms with Crippen molar-refractivity contribution in [2.75, 3.05) is 6.61 Å². The van der Waals surface area contributed by atoms with Crippen LogP contribution in [0, 0.1) is 28.4 Å². The summed E-state index contributed by atoms with van der Waals surface area (Å²) in [6, 6.07) is 5.80. The molecule has 0 unspecified atom stereocenters. The highest BCUT2D eigenvalue weighted by Crippen LogP contribution is 2.57. The van der Waals surface area contributed by atoms with Crippen LogP contribution in [0.5, 0.6) is 0 Å². The summed E-state index contributed by atoms with van der Waals surface area (Å²) in [4.78, 5) is 24.5. The van der Waals surface area contributed by atoms with E-state index in [4.69, 9.17) is 23.2 Å². The van der Waals surface area contributed by atoms with Crippen LogP contribution < -0.4 is 5.32 Å². The Morgan fingerprint density at radius 1 is 1.18 bits per heavy atom. The van der Waals surface area contributed by atoms with Crippen molar-refractivity contribution in [3.63, 3.8) is 0 Å². The summed E-state index contributed by atoms with van der Waals surface area (Å²) in [7, 11) is 0. The van der Waals surface area contributed by atoms with E-state index >= 15 is 8.78 Å². The van der Waals surface area contributed by atoms with Crippen LogP contribution in [0.4, 0.5) is 22.0 Å². The normalized spacial score (nSPS) is 26.0. The third-order valence-electron chi connectivity index (χ3n) is 7.24. The first-order valence-corrected chi connectivity index (χ1v) is 12.1. The fraction of sp³-hybridized carbons (Fsp3) is 0.400. The number of nitriles is 1. The number of hydrogen-bond donors (Lipinski definition) is 2. The number of rotatable bonds is 6. The van der Waals surface area contributed by atoms with Gasteiger partial charge in [0.1, 0.15) is 23.1 Å². The van der Waals surface area contributed by atoms with Gasteiger partial charge in [0.2, 0.25) is 0 Å². The molecule has 2 fully saturated rings. The standard InChI is InChI=1S/C25H19Cl2F5N2O4/c26-12-4-5-14(16(28)8-12)24(10-33)17(9-23(11-35)6-7-23)34-20(21(36)38-22(37)25(30,31)32)18(24)13-2-1-3-15(27)19(13)29/h1-5,8,17-18,20,34-35H,6-7,9,11H2/t17-,18-,20+,24-/m0/s1. The number of esters is 2. The molecule has 4 atom stereocenters. The predicted octanol–water partition coefficient (Wildman–Crippen LogP) is 4.95. The van der Waals surface area contributed by atoms with E-state index in [0.717, 1.165) is 18.2 Å². The van der Waals surface area contributed by atoms with Crippen LogP contribution in [-0.2, 0) is 19.7 Å². The van der Waals surface area contributed by atoms with E-state index in [1.807, 2.05) is 6.07 Å². The van der Waals surface area contributed by atoms with Gasteiger partial charge in [0, 0.05) is 29.2 Å². The monoisotopic (exact) mass is 576 g/mol. The second-order valence-electron chi connectivity index (χ2n) is 9.49. The van der Waals surface area contributed by atoms with Crippen LogP contribution in [0.25, 0.3) is 0 Å². The number of carbonyl (C=O) groups excluding carboxylic acids is 2. The third kappa shape index (κ3) is 4.86. The molecule has 1 aliphatic heterocycles. The molecule has 0 bridgehead atoms. The summed E-state index contributed by atoms with van der Waals surface area (Å²) in [5.74, 6) is -8.37. The van der Waals surface area contributed by atoms with Gasteiger partial charge < -0.3 is 9.84 Å². The molecule has 2 aliphatic rings. The number of hydrogen-bond acceptors (Lipinski definition) is 6. The molecule has 2 aromatic rings. The molecule has 1 heterocycles. The summed E-state index contributed by atoms with van der Waals surface area (Å²) >= 11 is 11.9. The lowest BCUT2D eigenvalue weighted by atomic mass is 9.63. The lowest BCUT2D eigenvalue weighted by Crippen LogP contribution is -2.44. The topological polar surface area (TPSA) is 99.4 Å². The SMILES string of the molecule is N#C[C@]1(c2ccc(Cl)cc2F)[C@H](CC2(CO)CC2)N[C@@H](C(=O)OC(=O)C(F)(F)F)[C@@H]1c1cccc(Cl)c1F. The molecule has 0 amide bonds. The molecule has 1 saturated heterocycles. The van der Waals surface area contributed by atoms with Gasteiger partial charge in [0.25, 0.3) is 0 Å². The fourth-order valence-electron chi connectivity index (χ4n) is 5.17. The minimum atomic E-state index is -5.52. The summed E-state index contributed by atoms with van der Waals surface area (Å²) in [5.41, 5.74) is -3.58. The van der Waals surface area contributed by atoms with Crippen LogP contribution in [0.2, 0.25) is 10.0 Å². The fourth-order valence-corrected chi connectivity index (χ4v) is 5.51. The molecule has 0 radical (unpaired) electrons. The zero-order valence-electron chi connectivity index (χ0n) is 19.3. The lowest BCUT2D eigenvalue weighted by Gasteiger charge is -2.36. The van der Waals surface area contributed by atoms with Gasteiger partial charge in [-0.05, 0) is 48.4 Å². The maximum Gasteiger partial charge on any atom is 0.491 e. The summed E-state index contributed by atoms with van der Waals surface area (Å²) < 4.78 is 73.6.